The van der Waals surface area contributed by atoms with Crippen LogP contribution in [0.3, 0.4) is 0 Å². The van der Waals surface area contributed by atoms with Crippen molar-refractivity contribution in [1.82, 2.24) is 4.90 Å². The first-order chi connectivity index (χ1) is 13.5. The minimum atomic E-state index is -0.756. The molecule has 1 N–H and O–H groups in total. The van der Waals surface area contributed by atoms with Gasteiger partial charge in [0.2, 0.25) is 0 Å². The Balaban J connectivity index is 1.57. The maximum atomic E-state index is 14.1. The molecular weight excluding hydrogens is 366 g/mol. The predicted molar refractivity (Wildman–Crippen MR) is 102 cm³/mol. The van der Waals surface area contributed by atoms with Crippen molar-refractivity contribution in [3.05, 3.63) is 59.7 Å². The number of hydrogen-bond donors (Lipinski definition) is 1. The zero-order valence-corrected chi connectivity index (χ0v) is 15.4. The quantitative estimate of drug-likeness (QED) is 0.446. The minimum Gasteiger partial charge on any atom is -0.481 e. The van der Waals surface area contributed by atoms with Crippen molar-refractivity contribution in [3.8, 4) is 11.1 Å². The summed E-state index contributed by atoms with van der Waals surface area (Å²) >= 11 is 0. The lowest BCUT2D eigenvalue weighted by Gasteiger charge is -2.29. The van der Waals surface area contributed by atoms with E-state index in [1.807, 2.05) is 0 Å². The Morgan fingerprint density at radius 3 is 2.86 bits per heavy atom. The standard InChI is InChI=1S/C21H22F2N2O3/c22-17-7-8-19(20(23)12-17)18-6-2-1-4-15(18)13-24-28-11-10-25-9-3-5-16(14-25)21(26)27/h1-2,4,6-8,12-13,16H,3,5,9-11,14H2,(H,26,27)/b24-13+/t16-/m1/s1. The van der Waals surface area contributed by atoms with Gasteiger partial charge in [0.25, 0.3) is 0 Å². The Kier molecular flexibility index (Phi) is 6.71. The van der Waals surface area contributed by atoms with E-state index >= 15 is 0 Å². The molecule has 0 radical (unpaired) electrons. The molecule has 0 aliphatic carbocycles. The lowest BCUT2D eigenvalue weighted by molar-refractivity contribution is -0.143. The fourth-order valence-corrected chi connectivity index (χ4v) is 3.34. The lowest BCUT2D eigenvalue weighted by Crippen LogP contribution is -2.40. The summed E-state index contributed by atoms with van der Waals surface area (Å²) in [7, 11) is 0. The first kappa shape index (κ1) is 19.9. The summed E-state index contributed by atoms with van der Waals surface area (Å²) in [6, 6.07) is 10.5. The van der Waals surface area contributed by atoms with E-state index in [9.17, 15) is 13.6 Å². The van der Waals surface area contributed by atoms with Crippen LogP contribution in [0.2, 0.25) is 0 Å². The van der Waals surface area contributed by atoms with Crippen LogP contribution < -0.4 is 0 Å². The van der Waals surface area contributed by atoms with Gasteiger partial charge in [-0.05, 0) is 37.1 Å². The monoisotopic (exact) mass is 388 g/mol. The number of hydrogen-bond acceptors (Lipinski definition) is 4. The van der Waals surface area contributed by atoms with Crippen molar-refractivity contribution in [2.45, 2.75) is 12.8 Å². The van der Waals surface area contributed by atoms with Gasteiger partial charge < -0.3 is 9.94 Å². The van der Waals surface area contributed by atoms with E-state index in [4.69, 9.17) is 9.94 Å². The van der Waals surface area contributed by atoms with Crippen LogP contribution >= 0.6 is 0 Å². The van der Waals surface area contributed by atoms with Gasteiger partial charge in [0.15, 0.2) is 0 Å². The van der Waals surface area contributed by atoms with Crippen LogP contribution in [0.4, 0.5) is 8.78 Å². The number of carbonyl (C=O) groups is 1. The summed E-state index contributed by atoms with van der Waals surface area (Å²) in [6.07, 6.45) is 3.06. The summed E-state index contributed by atoms with van der Waals surface area (Å²) < 4.78 is 27.2. The van der Waals surface area contributed by atoms with Gasteiger partial charge in [-0.2, -0.15) is 0 Å². The molecule has 0 spiro atoms. The molecule has 1 atom stereocenters. The third kappa shape index (κ3) is 5.13. The molecule has 1 fully saturated rings. The largest absolute Gasteiger partial charge is 0.481 e. The van der Waals surface area contributed by atoms with Gasteiger partial charge in [-0.3, -0.25) is 9.69 Å². The average molecular weight is 388 g/mol. The van der Waals surface area contributed by atoms with Crippen LogP contribution in [0, 0.1) is 17.6 Å². The van der Waals surface area contributed by atoms with E-state index in [1.165, 1.54) is 18.3 Å². The molecule has 148 valence electrons. The Morgan fingerprint density at radius 1 is 1.25 bits per heavy atom. The number of piperidine rings is 1. The number of benzene rings is 2. The zero-order valence-electron chi connectivity index (χ0n) is 15.4. The molecule has 2 aromatic rings. The Labute approximate surface area is 162 Å². The first-order valence-corrected chi connectivity index (χ1v) is 9.19. The minimum absolute atomic E-state index is 0.288. The summed E-state index contributed by atoms with van der Waals surface area (Å²) in [5.74, 6) is -2.35. The van der Waals surface area contributed by atoms with Crippen LogP contribution in [0.1, 0.15) is 18.4 Å². The predicted octanol–water partition coefficient (Wildman–Crippen LogP) is 3.78. The molecule has 0 bridgehead atoms. The topological polar surface area (TPSA) is 62.1 Å². The number of carboxylic acids is 1. The Bertz CT molecular complexity index is 857. The van der Waals surface area contributed by atoms with Gasteiger partial charge in [0.05, 0.1) is 12.1 Å². The van der Waals surface area contributed by atoms with Crippen LogP contribution in [0.15, 0.2) is 47.6 Å². The molecule has 3 rings (SSSR count). The summed E-state index contributed by atoms with van der Waals surface area (Å²) in [5, 5.41) is 13.1. The van der Waals surface area contributed by atoms with Crippen molar-refractivity contribution in [1.29, 1.82) is 0 Å². The van der Waals surface area contributed by atoms with Crippen LogP contribution in [-0.4, -0.2) is 48.4 Å². The van der Waals surface area contributed by atoms with Crippen molar-refractivity contribution >= 4 is 12.2 Å². The molecule has 2 aromatic carbocycles. The van der Waals surface area contributed by atoms with Crippen LogP contribution in [0.5, 0.6) is 0 Å². The van der Waals surface area contributed by atoms with Crippen molar-refractivity contribution in [2.24, 2.45) is 11.1 Å². The summed E-state index contributed by atoms with van der Waals surface area (Å²) in [5.41, 5.74) is 1.53. The van der Waals surface area contributed by atoms with E-state index in [-0.39, 0.29) is 11.5 Å². The third-order valence-electron chi connectivity index (χ3n) is 4.80. The number of likely N-dealkylation sites (tertiary alicyclic amines) is 1. The fraction of sp³-hybridized carbons (Fsp3) is 0.333. The normalized spacial score (nSPS) is 17.7. The SMILES string of the molecule is O=C(O)[C@@H]1CCCN(CCO/N=C/c2ccccc2-c2ccc(F)cc2F)C1. The number of aliphatic carboxylic acids is 1. The third-order valence-corrected chi connectivity index (χ3v) is 4.80. The van der Waals surface area contributed by atoms with Crippen LogP contribution in [0.25, 0.3) is 11.1 Å². The highest BCUT2D eigenvalue weighted by molar-refractivity contribution is 5.90. The summed E-state index contributed by atoms with van der Waals surface area (Å²) in [4.78, 5) is 18.5. The van der Waals surface area contributed by atoms with E-state index in [2.05, 4.69) is 10.1 Å². The van der Waals surface area contributed by atoms with Crippen molar-refractivity contribution in [2.75, 3.05) is 26.2 Å². The Hall–Kier alpha value is -2.80. The second-order valence-electron chi connectivity index (χ2n) is 6.76. The number of rotatable bonds is 7. The molecule has 28 heavy (non-hydrogen) atoms. The summed E-state index contributed by atoms with van der Waals surface area (Å²) in [6.45, 7) is 2.30. The molecule has 5 nitrogen and oxygen atoms in total. The van der Waals surface area contributed by atoms with Gasteiger partial charge in [0.1, 0.15) is 18.2 Å². The van der Waals surface area contributed by atoms with Crippen molar-refractivity contribution < 1.29 is 23.5 Å². The smallest absolute Gasteiger partial charge is 0.307 e. The molecule has 7 heteroatoms. The Morgan fingerprint density at radius 2 is 2.07 bits per heavy atom. The molecule has 0 saturated carbocycles. The number of nitrogens with zero attached hydrogens (tertiary/aromatic N) is 2. The molecule has 1 aliphatic heterocycles. The number of carboxylic acid groups (broad SMARTS) is 1. The average Bonchev–Trinajstić information content (AvgIpc) is 2.68. The molecular formula is C21H22F2N2O3. The first-order valence-electron chi connectivity index (χ1n) is 9.19. The molecule has 1 heterocycles. The molecule has 0 unspecified atom stereocenters. The highest BCUT2D eigenvalue weighted by Gasteiger charge is 2.24. The zero-order chi connectivity index (χ0) is 19.9. The van der Waals surface area contributed by atoms with E-state index in [0.717, 1.165) is 19.0 Å². The maximum absolute atomic E-state index is 14.1. The van der Waals surface area contributed by atoms with Crippen LogP contribution in [-0.2, 0) is 9.63 Å². The van der Waals surface area contributed by atoms with E-state index in [1.54, 1.807) is 24.3 Å². The van der Waals surface area contributed by atoms with E-state index < -0.39 is 17.6 Å². The fourth-order valence-electron chi connectivity index (χ4n) is 3.34. The molecule has 0 amide bonds. The molecule has 0 aromatic heterocycles. The van der Waals surface area contributed by atoms with Gasteiger partial charge in [-0.1, -0.05) is 29.4 Å². The van der Waals surface area contributed by atoms with Gasteiger partial charge in [0, 0.05) is 30.3 Å². The maximum Gasteiger partial charge on any atom is 0.307 e. The number of halogens is 2. The van der Waals surface area contributed by atoms with E-state index in [0.29, 0.717) is 37.2 Å². The van der Waals surface area contributed by atoms with Crippen molar-refractivity contribution in [3.63, 3.8) is 0 Å². The highest BCUT2D eigenvalue weighted by Crippen LogP contribution is 2.26. The lowest BCUT2D eigenvalue weighted by atomic mass is 9.98. The second-order valence-corrected chi connectivity index (χ2v) is 6.76. The molecule has 1 saturated heterocycles. The molecule has 1 aliphatic rings. The highest BCUT2D eigenvalue weighted by atomic mass is 19.1. The second kappa shape index (κ2) is 9.41. The van der Waals surface area contributed by atoms with Gasteiger partial charge in [-0.25, -0.2) is 8.78 Å². The van der Waals surface area contributed by atoms with Gasteiger partial charge >= 0.3 is 5.97 Å². The van der Waals surface area contributed by atoms with Gasteiger partial charge in [-0.15, -0.1) is 0 Å². The number of oxime groups is 1.